The number of thiazole rings is 1. The molecule has 0 saturated heterocycles. The van der Waals surface area contributed by atoms with Gasteiger partial charge in [-0.2, -0.15) is 0 Å². The van der Waals surface area contributed by atoms with Gasteiger partial charge in [0, 0.05) is 35.9 Å². The van der Waals surface area contributed by atoms with E-state index in [-0.39, 0.29) is 18.2 Å². The first-order chi connectivity index (χ1) is 12.1. The monoisotopic (exact) mass is 352 g/mol. The summed E-state index contributed by atoms with van der Waals surface area (Å²) in [6.45, 7) is 1.45. The molecule has 0 saturated carbocycles. The van der Waals surface area contributed by atoms with Crippen molar-refractivity contribution in [3.05, 3.63) is 59.7 Å². The molecule has 1 aromatic carbocycles. The molecule has 0 aliphatic rings. The average molecular weight is 352 g/mol. The maximum absolute atomic E-state index is 12.2. The molecule has 126 valence electrons. The van der Waals surface area contributed by atoms with Crippen LogP contribution in [-0.2, 0) is 16.0 Å². The van der Waals surface area contributed by atoms with Crippen molar-refractivity contribution in [1.82, 2.24) is 9.97 Å². The van der Waals surface area contributed by atoms with Gasteiger partial charge in [-0.15, -0.1) is 11.3 Å². The second-order valence-electron chi connectivity index (χ2n) is 5.38. The Labute approximate surface area is 149 Å². The van der Waals surface area contributed by atoms with Crippen LogP contribution in [0.5, 0.6) is 0 Å². The second-order valence-corrected chi connectivity index (χ2v) is 6.24. The maximum atomic E-state index is 12.2. The molecule has 2 N–H and O–H groups in total. The number of carbonyl (C=O) groups excluding carboxylic acids is 2. The standard InChI is InChI=1S/C18H16N4O2S/c1-12(23)20-15-6-4-13(5-7-15)9-17(24)22-18-21-16(11-25-18)14-3-2-8-19-10-14/h2-8,10-11H,9H2,1H3,(H,20,23)(H,21,22,24). The summed E-state index contributed by atoms with van der Waals surface area (Å²) in [7, 11) is 0. The highest BCUT2D eigenvalue weighted by Gasteiger charge is 2.09. The Hall–Kier alpha value is -3.06. The minimum absolute atomic E-state index is 0.126. The zero-order valence-electron chi connectivity index (χ0n) is 13.5. The van der Waals surface area contributed by atoms with Crippen molar-refractivity contribution in [2.45, 2.75) is 13.3 Å². The van der Waals surface area contributed by atoms with Gasteiger partial charge in [-0.05, 0) is 29.8 Å². The van der Waals surface area contributed by atoms with Crippen LogP contribution in [0.3, 0.4) is 0 Å². The highest BCUT2D eigenvalue weighted by Crippen LogP contribution is 2.24. The number of rotatable bonds is 5. The first-order valence-corrected chi connectivity index (χ1v) is 8.50. The maximum Gasteiger partial charge on any atom is 0.230 e. The quantitative estimate of drug-likeness (QED) is 0.737. The lowest BCUT2D eigenvalue weighted by Gasteiger charge is -2.05. The van der Waals surface area contributed by atoms with E-state index in [1.54, 1.807) is 24.5 Å². The highest BCUT2D eigenvalue weighted by molar-refractivity contribution is 7.14. The van der Waals surface area contributed by atoms with E-state index in [9.17, 15) is 9.59 Å². The molecule has 0 atom stereocenters. The van der Waals surface area contributed by atoms with Gasteiger partial charge in [-0.1, -0.05) is 12.1 Å². The van der Waals surface area contributed by atoms with Crippen LogP contribution in [0, 0.1) is 0 Å². The van der Waals surface area contributed by atoms with Crippen molar-refractivity contribution in [3.63, 3.8) is 0 Å². The van der Waals surface area contributed by atoms with Crippen LogP contribution >= 0.6 is 11.3 Å². The molecule has 0 radical (unpaired) electrons. The van der Waals surface area contributed by atoms with Crippen LogP contribution in [0.25, 0.3) is 11.3 Å². The number of nitrogens with zero attached hydrogens (tertiary/aromatic N) is 2. The van der Waals surface area contributed by atoms with Crippen molar-refractivity contribution in [2.24, 2.45) is 0 Å². The molecule has 3 aromatic rings. The minimum atomic E-state index is -0.139. The first kappa shape index (κ1) is 16.8. The van der Waals surface area contributed by atoms with Crippen LogP contribution in [0.2, 0.25) is 0 Å². The lowest BCUT2D eigenvalue weighted by molar-refractivity contribution is -0.116. The SMILES string of the molecule is CC(=O)Nc1ccc(CC(=O)Nc2nc(-c3cccnc3)cs2)cc1. The lowest BCUT2D eigenvalue weighted by Crippen LogP contribution is -2.14. The zero-order valence-corrected chi connectivity index (χ0v) is 14.3. The normalized spacial score (nSPS) is 10.3. The molecule has 2 heterocycles. The molecule has 0 unspecified atom stereocenters. The first-order valence-electron chi connectivity index (χ1n) is 7.62. The van der Waals surface area contributed by atoms with E-state index in [1.165, 1.54) is 18.3 Å². The van der Waals surface area contributed by atoms with Crippen LogP contribution < -0.4 is 10.6 Å². The van der Waals surface area contributed by atoms with Crippen molar-refractivity contribution >= 4 is 34.0 Å². The summed E-state index contributed by atoms with van der Waals surface area (Å²) in [6, 6.07) is 10.9. The average Bonchev–Trinajstić information content (AvgIpc) is 3.05. The van der Waals surface area contributed by atoms with E-state index in [0.717, 1.165) is 16.8 Å². The number of aromatic nitrogens is 2. The van der Waals surface area contributed by atoms with E-state index >= 15 is 0 Å². The molecule has 25 heavy (non-hydrogen) atoms. The molecule has 0 aliphatic carbocycles. The van der Waals surface area contributed by atoms with Gasteiger partial charge < -0.3 is 10.6 Å². The van der Waals surface area contributed by atoms with Crippen molar-refractivity contribution in [2.75, 3.05) is 10.6 Å². The van der Waals surface area contributed by atoms with E-state index in [0.29, 0.717) is 10.8 Å². The number of anilines is 2. The molecule has 3 rings (SSSR count). The van der Waals surface area contributed by atoms with Crippen LogP contribution in [0.1, 0.15) is 12.5 Å². The van der Waals surface area contributed by atoms with Crippen molar-refractivity contribution < 1.29 is 9.59 Å². The van der Waals surface area contributed by atoms with Gasteiger partial charge in [0.15, 0.2) is 5.13 Å². The Morgan fingerprint density at radius 3 is 2.60 bits per heavy atom. The molecule has 2 aromatic heterocycles. The largest absolute Gasteiger partial charge is 0.326 e. The third-order valence-corrected chi connectivity index (χ3v) is 4.10. The molecular weight excluding hydrogens is 336 g/mol. The molecule has 6 nitrogen and oxygen atoms in total. The fourth-order valence-corrected chi connectivity index (χ4v) is 2.97. The van der Waals surface area contributed by atoms with E-state index < -0.39 is 0 Å². The Morgan fingerprint density at radius 2 is 1.92 bits per heavy atom. The summed E-state index contributed by atoms with van der Waals surface area (Å²) in [5.74, 6) is -0.266. The van der Waals surface area contributed by atoms with E-state index in [1.807, 2.05) is 29.6 Å². The Morgan fingerprint density at radius 1 is 1.12 bits per heavy atom. The van der Waals surface area contributed by atoms with Gasteiger partial charge in [0.25, 0.3) is 0 Å². The van der Waals surface area contributed by atoms with E-state index in [2.05, 4.69) is 20.6 Å². The Bertz CT molecular complexity index is 876. The Balaban J connectivity index is 1.59. The van der Waals surface area contributed by atoms with Gasteiger partial charge in [0.2, 0.25) is 11.8 Å². The van der Waals surface area contributed by atoms with Crippen molar-refractivity contribution in [3.8, 4) is 11.3 Å². The summed E-state index contributed by atoms with van der Waals surface area (Å²) in [5.41, 5.74) is 3.26. The van der Waals surface area contributed by atoms with Gasteiger partial charge in [0.05, 0.1) is 12.1 Å². The fraction of sp³-hybridized carbons (Fsp3) is 0.111. The highest BCUT2D eigenvalue weighted by atomic mass is 32.1. The van der Waals surface area contributed by atoms with Crippen LogP contribution in [0.15, 0.2) is 54.2 Å². The number of nitrogens with one attached hydrogen (secondary N) is 2. The summed E-state index contributed by atoms with van der Waals surface area (Å²) < 4.78 is 0. The summed E-state index contributed by atoms with van der Waals surface area (Å²) >= 11 is 1.37. The zero-order chi connectivity index (χ0) is 17.6. The van der Waals surface area contributed by atoms with Gasteiger partial charge in [-0.3, -0.25) is 14.6 Å². The molecule has 0 aliphatic heterocycles. The van der Waals surface area contributed by atoms with Gasteiger partial charge >= 0.3 is 0 Å². The molecule has 0 fully saturated rings. The summed E-state index contributed by atoms with van der Waals surface area (Å²) in [6.07, 6.45) is 3.68. The van der Waals surface area contributed by atoms with Crippen LogP contribution in [0.4, 0.5) is 10.8 Å². The number of hydrogen-bond acceptors (Lipinski definition) is 5. The smallest absolute Gasteiger partial charge is 0.230 e. The molecular formula is C18H16N4O2S. The number of pyridine rings is 1. The fourth-order valence-electron chi connectivity index (χ4n) is 2.24. The Kier molecular flexibility index (Phi) is 5.15. The second kappa shape index (κ2) is 7.67. The topological polar surface area (TPSA) is 84.0 Å². The van der Waals surface area contributed by atoms with Crippen LogP contribution in [-0.4, -0.2) is 21.8 Å². The molecule has 7 heteroatoms. The number of benzene rings is 1. The third kappa shape index (κ3) is 4.71. The lowest BCUT2D eigenvalue weighted by atomic mass is 10.1. The number of amides is 2. The summed E-state index contributed by atoms with van der Waals surface area (Å²) in [5, 5.41) is 7.93. The minimum Gasteiger partial charge on any atom is -0.326 e. The predicted octanol–water partition coefficient (Wildman–Crippen LogP) is 3.34. The molecule has 2 amide bonds. The van der Waals surface area contributed by atoms with E-state index in [4.69, 9.17) is 0 Å². The predicted molar refractivity (Wildman–Crippen MR) is 98.4 cm³/mol. The van der Waals surface area contributed by atoms with Gasteiger partial charge in [-0.25, -0.2) is 4.98 Å². The van der Waals surface area contributed by atoms with Gasteiger partial charge in [0.1, 0.15) is 0 Å². The summed E-state index contributed by atoms with van der Waals surface area (Å²) in [4.78, 5) is 31.6. The third-order valence-electron chi connectivity index (χ3n) is 3.35. The number of carbonyl (C=O) groups is 2. The molecule has 0 bridgehead atoms. The molecule has 0 spiro atoms. The van der Waals surface area contributed by atoms with Crippen molar-refractivity contribution in [1.29, 1.82) is 0 Å². The number of hydrogen-bond donors (Lipinski definition) is 2.